The van der Waals surface area contributed by atoms with E-state index in [0.29, 0.717) is 25.0 Å². The molecule has 2 aliphatic carbocycles. The van der Waals surface area contributed by atoms with Crippen molar-refractivity contribution in [2.75, 3.05) is 18.6 Å². The second kappa shape index (κ2) is 10.3. The van der Waals surface area contributed by atoms with Gasteiger partial charge >= 0.3 is 6.18 Å². The Bertz CT molecular complexity index is 1510. The number of nitrogens with one attached hydrogen (secondary N) is 1. The number of ether oxygens (including phenoxy) is 2. The Morgan fingerprint density at radius 1 is 1.17 bits per heavy atom. The monoisotopic (exact) mass is 584 g/mol. The summed E-state index contributed by atoms with van der Waals surface area (Å²) in [6, 6.07) is 6.33. The van der Waals surface area contributed by atoms with Crippen LogP contribution in [0.15, 0.2) is 30.6 Å². The molecule has 224 valence electrons. The van der Waals surface area contributed by atoms with Gasteiger partial charge < -0.3 is 19.4 Å². The van der Waals surface area contributed by atoms with Crippen LogP contribution in [0.25, 0.3) is 0 Å². The number of anilines is 1. The minimum absolute atomic E-state index is 0.00454. The molecule has 2 saturated carbocycles. The van der Waals surface area contributed by atoms with Gasteiger partial charge in [-0.2, -0.15) is 18.2 Å². The van der Waals surface area contributed by atoms with E-state index in [4.69, 9.17) is 9.47 Å². The van der Waals surface area contributed by atoms with Crippen LogP contribution in [0.5, 0.6) is 5.88 Å². The van der Waals surface area contributed by atoms with Gasteiger partial charge in [0.05, 0.1) is 30.2 Å². The Morgan fingerprint density at radius 2 is 1.93 bits per heavy atom. The lowest BCUT2D eigenvalue weighted by Crippen LogP contribution is -2.48. The molecular formula is C30H35F3N6O3. The van der Waals surface area contributed by atoms with Gasteiger partial charge in [0.1, 0.15) is 18.0 Å². The first-order chi connectivity index (χ1) is 20.0. The van der Waals surface area contributed by atoms with Gasteiger partial charge in [0.2, 0.25) is 5.88 Å². The number of methoxy groups -OCH3 is 1. The van der Waals surface area contributed by atoms with Crippen LogP contribution >= 0.6 is 0 Å². The SMILES string of the molecule is CCOc1cc([C@]2(c3nncn3C)C[C@@H](OC)C2)cc(N2Cc3c(cc(CNC4(C)CCC4)cc3C(F)(F)F)C2=O)n1. The Kier molecular flexibility index (Phi) is 7.04. The number of carbonyl (C=O) groups excluding carboxylic acids is 1. The summed E-state index contributed by atoms with van der Waals surface area (Å²) in [4.78, 5) is 19.7. The number of nitrogens with zero attached hydrogens (tertiary/aromatic N) is 5. The summed E-state index contributed by atoms with van der Waals surface area (Å²) in [5.74, 6) is 0.721. The lowest BCUT2D eigenvalue weighted by Gasteiger charge is -2.46. The number of rotatable bonds is 9. The van der Waals surface area contributed by atoms with Crippen LogP contribution in [-0.4, -0.2) is 51.0 Å². The number of aromatic nitrogens is 4. The highest BCUT2D eigenvalue weighted by Gasteiger charge is 2.51. The van der Waals surface area contributed by atoms with Gasteiger partial charge in [-0.3, -0.25) is 9.69 Å². The van der Waals surface area contributed by atoms with Crippen LogP contribution in [0.1, 0.15) is 84.4 Å². The standard InChI is InChI=1S/C30H35F3N6O3/c1-5-42-25-12-19(29(13-20(14-29)41-4)27-37-35-17-38(27)3)11-24(36-25)39-16-22-21(26(39)40)9-18(10-23(22)30(31,32)33)15-34-28(2)7-6-8-28/h9-12,17,20,34H,5-8,13-16H2,1-4H3/t20-,29+. The topological polar surface area (TPSA) is 94.4 Å². The number of hydrogen-bond donors (Lipinski definition) is 1. The average Bonchev–Trinajstić information content (AvgIpc) is 3.48. The molecule has 3 aromatic rings. The number of hydrogen-bond acceptors (Lipinski definition) is 7. The first kappa shape index (κ1) is 28.6. The van der Waals surface area contributed by atoms with E-state index in [1.807, 2.05) is 24.6 Å². The molecule has 1 aliphatic heterocycles. The van der Waals surface area contributed by atoms with Gasteiger partial charge in [0.25, 0.3) is 5.91 Å². The van der Waals surface area contributed by atoms with Crippen LogP contribution in [0, 0.1) is 0 Å². The summed E-state index contributed by atoms with van der Waals surface area (Å²) < 4.78 is 56.2. The van der Waals surface area contributed by atoms with Crippen molar-refractivity contribution in [1.82, 2.24) is 25.1 Å². The summed E-state index contributed by atoms with van der Waals surface area (Å²) in [5, 5.41) is 11.8. The fourth-order valence-corrected chi connectivity index (χ4v) is 6.48. The predicted molar refractivity (Wildman–Crippen MR) is 148 cm³/mol. The Hall–Kier alpha value is -3.51. The molecule has 1 amide bonds. The molecule has 12 heteroatoms. The van der Waals surface area contributed by atoms with Gasteiger partial charge in [0.15, 0.2) is 0 Å². The van der Waals surface area contributed by atoms with Gasteiger partial charge in [-0.1, -0.05) is 0 Å². The van der Waals surface area contributed by atoms with E-state index in [1.165, 1.54) is 11.0 Å². The number of aryl methyl sites for hydroxylation is 1. The molecular weight excluding hydrogens is 549 g/mol. The maximum Gasteiger partial charge on any atom is 0.416 e. The Labute approximate surface area is 242 Å². The number of alkyl halides is 3. The third-order valence-electron chi connectivity index (χ3n) is 9.12. The smallest absolute Gasteiger partial charge is 0.416 e. The van der Waals surface area contributed by atoms with Crippen LogP contribution in [0.4, 0.5) is 19.0 Å². The average molecular weight is 585 g/mol. The van der Waals surface area contributed by atoms with Crippen molar-refractivity contribution < 1.29 is 27.4 Å². The molecule has 0 bridgehead atoms. The lowest BCUT2D eigenvalue weighted by atomic mass is 9.62. The van der Waals surface area contributed by atoms with Crippen molar-refractivity contribution in [3.8, 4) is 5.88 Å². The minimum Gasteiger partial charge on any atom is -0.478 e. The third-order valence-corrected chi connectivity index (χ3v) is 9.12. The van der Waals surface area contributed by atoms with E-state index in [-0.39, 0.29) is 47.6 Å². The molecule has 42 heavy (non-hydrogen) atoms. The molecule has 6 rings (SSSR count). The summed E-state index contributed by atoms with van der Waals surface area (Å²) in [6.45, 7) is 4.23. The number of amides is 1. The molecule has 1 N–H and O–H groups in total. The summed E-state index contributed by atoms with van der Waals surface area (Å²) in [5.41, 5.74) is -0.223. The minimum atomic E-state index is -4.61. The fourth-order valence-electron chi connectivity index (χ4n) is 6.48. The number of halogens is 3. The zero-order chi connectivity index (χ0) is 29.9. The number of pyridine rings is 1. The zero-order valence-electron chi connectivity index (χ0n) is 24.2. The highest BCUT2D eigenvalue weighted by atomic mass is 19.4. The third kappa shape index (κ3) is 4.84. The predicted octanol–water partition coefficient (Wildman–Crippen LogP) is 4.92. The maximum atomic E-state index is 14.3. The Balaban J connectivity index is 1.39. The van der Waals surface area contributed by atoms with Crippen molar-refractivity contribution >= 4 is 11.7 Å². The first-order valence-corrected chi connectivity index (χ1v) is 14.3. The van der Waals surface area contributed by atoms with Crippen molar-refractivity contribution in [1.29, 1.82) is 0 Å². The van der Waals surface area contributed by atoms with Crippen LogP contribution in [-0.2, 0) is 36.5 Å². The van der Waals surface area contributed by atoms with Gasteiger partial charge in [0, 0.05) is 37.9 Å². The van der Waals surface area contributed by atoms with E-state index >= 15 is 0 Å². The molecule has 2 fully saturated rings. The van der Waals surface area contributed by atoms with Gasteiger partial charge in [-0.05, 0) is 80.8 Å². The van der Waals surface area contributed by atoms with Crippen molar-refractivity contribution in [2.45, 2.75) is 82.3 Å². The van der Waals surface area contributed by atoms with Crippen molar-refractivity contribution in [3.05, 3.63) is 64.2 Å². The quantitative estimate of drug-likeness (QED) is 0.382. The molecule has 3 heterocycles. The maximum absolute atomic E-state index is 14.3. The van der Waals surface area contributed by atoms with E-state index in [2.05, 4.69) is 27.4 Å². The highest BCUT2D eigenvalue weighted by Crippen LogP contribution is 2.51. The molecule has 0 unspecified atom stereocenters. The molecule has 0 spiro atoms. The largest absolute Gasteiger partial charge is 0.478 e. The summed E-state index contributed by atoms with van der Waals surface area (Å²) in [6.07, 6.45) is 1.28. The van der Waals surface area contributed by atoms with E-state index in [0.717, 1.165) is 30.7 Å². The number of carbonyl (C=O) groups is 1. The van der Waals surface area contributed by atoms with Gasteiger partial charge in [-0.25, -0.2) is 0 Å². The fraction of sp³-hybridized carbons (Fsp3) is 0.533. The van der Waals surface area contributed by atoms with Gasteiger partial charge in [-0.15, -0.1) is 10.2 Å². The van der Waals surface area contributed by atoms with E-state index < -0.39 is 23.1 Å². The van der Waals surface area contributed by atoms with Crippen LogP contribution in [0.2, 0.25) is 0 Å². The molecule has 1 aromatic carbocycles. The van der Waals surface area contributed by atoms with Crippen LogP contribution < -0.4 is 15.0 Å². The molecule has 0 atom stereocenters. The highest BCUT2D eigenvalue weighted by molar-refractivity contribution is 6.10. The summed E-state index contributed by atoms with van der Waals surface area (Å²) >= 11 is 0. The van der Waals surface area contributed by atoms with Crippen molar-refractivity contribution in [2.24, 2.45) is 7.05 Å². The molecule has 2 aromatic heterocycles. The molecule has 3 aliphatic rings. The normalized spacial score (nSPS) is 23.0. The molecule has 0 saturated heterocycles. The second-order valence-electron chi connectivity index (χ2n) is 11.9. The number of fused-ring (bicyclic) bond motifs is 1. The molecule has 0 radical (unpaired) electrons. The zero-order valence-corrected chi connectivity index (χ0v) is 24.2. The van der Waals surface area contributed by atoms with Crippen molar-refractivity contribution in [3.63, 3.8) is 0 Å². The Morgan fingerprint density at radius 3 is 2.52 bits per heavy atom. The second-order valence-corrected chi connectivity index (χ2v) is 11.9. The first-order valence-electron chi connectivity index (χ1n) is 14.3. The number of benzene rings is 1. The van der Waals surface area contributed by atoms with Crippen LogP contribution in [0.3, 0.4) is 0 Å². The van der Waals surface area contributed by atoms with E-state index in [9.17, 15) is 18.0 Å². The van der Waals surface area contributed by atoms with E-state index in [1.54, 1.807) is 25.6 Å². The molecule has 9 nitrogen and oxygen atoms in total. The lowest BCUT2D eigenvalue weighted by molar-refractivity contribution is -0.138. The summed E-state index contributed by atoms with van der Waals surface area (Å²) in [7, 11) is 3.52.